The second kappa shape index (κ2) is 7.79. The van der Waals surface area contributed by atoms with Crippen LogP contribution >= 0.6 is 0 Å². The van der Waals surface area contributed by atoms with Crippen LogP contribution in [-0.2, 0) is 6.18 Å². The van der Waals surface area contributed by atoms with Gasteiger partial charge in [0.15, 0.2) is 0 Å². The molecule has 0 aliphatic carbocycles. The lowest BCUT2D eigenvalue weighted by atomic mass is 9.79. The van der Waals surface area contributed by atoms with Gasteiger partial charge in [0.2, 0.25) is 0 Å². The number of rotatable bonds is 3. The van der Waals surface area contributed by atoms with Gasteiger partial charge < -0.3 is 4.90 Å². The zero-order valence-corrected chi connectivity index (χ0v) is 17.4. The molecule has 2 aromatic carbocycles. The Kier molecular flexibility index (Phi) is 5.68. The number of alkyl halides is 3. The molecule has 0 radical (unpaired) electrons. The molecule has 0 N–H and O–H groups in total. The first-order chi connectivity index (χ1) is 14.0. The Morgan fingerprint density at radius 2 is 1.97 bits per heavy atom. The van der Waals surface area contributed by atoms with Crippen LogP contribution in [0.3, 0.4) is 0 Å². The van der Waals surface area contributed by atoms with E-state index in [1.54, 1.807) is 6.07 Å². The number of allylic oxidation sites excluding steroid dienone is 1. The van der Waals surface area contributed by atoms with E-state index in [0.717, 1.165) is 36.3 Å². The fourth-order valence-corrected chi connectivity index (χ4v) is 4.43. The van der Waals surface area contributed by atoms with Crippen molar-refractivity contribution in [3.63, 3.8) is 0 Å². The van der Waals surface area contributed by atoms with Crippen LogP contribution in [0.5, 0.6) is 0 Å². The third kappa shape index (κ3) is 4.07. The molecule has 1 heterocycles. The van der Waals surface area contributed by atoms with Gasteiger partial charge >= 0.3 is 6.18 Å². The highest BCUT2D eigenvalue weighted by Crippen LogP contribution is 2.44. The summed E-state index contributed by atoms with van der Waals surface area (Å²) in [5.41, 5.74) is 1.14. The molecule has 2 aromatic rings. The first-order valence-corrected chi connectivity index (χ1v) is 9.88. The van der Waals surface area contributed by atoms with E-state index >= 15 is 0 Å². The second-order valence-electron chi connectivity index (χ2n) is 8.34. The fraction of sp³-hybridized carbons (Fsp3) is 0.375. The van der Waals surface area contributed by atoms with Crippen molar-refractivity contribution in [1.82, 2.24) is 0 Å². The van der Waals surface area contributed by atoms with Crippen LogP contribution in [0, 0.1) is 17.1 Å². The van der Waals surface area contributed by atoms with Crippen LogP contribution in [0.25, 0.3) is 11.6 Å². The van der Waals surface area contributed by atoms with Crippen LogP contribution < -0.4 is 4.90 Å². The molecular formula is C24H24F4N2. The van der Waals surface area contributed by atoms with E-state index in [1.165, 1.54) is 24.3 Å². The topological polar surface area (TPSA) is 27.0 Å². The van der Waals surface area contributed by atoms with E-state index in [9.17, 15) is 22.8 Å². The van der Waals surface area contributed by atoms with E-state index in [0.29, 0.717) is 0 Å². The van der Waals surface area contributed by atoms with E-state index in [-0.39, 0.29) is 28.2 Å². The summed E-state index contributed by atoms with van der Waals surface area (Å²) in [5, 5.41) is 9.53. The number of hydrogen-bond acceptors (Lipinski definition) is 2. The number of nitriles is 1. The van der Waals surface area contributed by atoms with Gasteiger partial charge in [-0.15, -0.1) is 0 Å². The maximum atomic E-state index is 15.0. The minimum Gasteiger partial charge on any atom is -0.366 e. The summed E-state index contributed by atoms with van der Waals surface area (Å²) in [5.74, 6) is -0.318. The Morgan fingerprint density at radius 3 is 2.57 bits per heavy atom. The van der Waals surface area contributed by atoms with Gasteiger partial charge in [0, 0.05) is 23.3 Å². The van der Waals surface area contributed by atoms with Gasteiger partial charge in [-0.3, -0.25) is 0 Å². The summed E-state index contributed by atoms with van der Waals surface area (Å²) < 4.78 is 54.1. The molecule has 1 aliphatic rings. The molecule has 3 rings (SSSR count). The zero-order chi connectivity index (χ0) is 22.3. The van der Waals surface area contributed by atoms with E-state index < -0.39 is 17.6 Å². The molecule has 158 valence electrons. The van der Waals surface area contributed by atoms with Crippen LogP contribution in [0.15, 0.2) is 36.4 Å². The molecule has 1 unspecified atom stereocenters. The molecule has 0 saturated carbocycles. The van der Waals surface area contributed by atoms with Gasteiger partial charge in [-0.1, -0.05) is 19.1 Å². The largest absolute Gasteiger partial charge is 0.416 e. The molecule has 0 amide bonds. The Morgan fingerprint density at radius 1 is 1.27 bits per heavy atom. The lowest BCUT2D eigenvalue weighted by Crippen LogP contribution is -2.48. The molecule has 0 aromatic heterocycles. The maximum Gasteiger partial charge on any atom is 0.416 e. The van der Waals surface area contributed by atoms with E-state index in [4.69, 9.17) is 0 Å². The monoisotopic (exact) mass is 416 g/mol. The van der Waals surface area contributed by atoms with Crippen molar-refractivity contribution in [2.45, 2.75) is 51.7 Å². The van der Waals surface area contributed by atoms with E-state index in [2.05, 4.69) is 25.7 Å². The lowest BCUT2D eigenvalue weighted by molar-refractivity contribution is -0.137. The molecular weight excluding hydrogens is 392 g/mol. The van der Waals surface area contributed by atoms with Gasteiger partial charge in [0.05, 0.1) is 17.2 Å². The first-order valence-electron chi connectivity index (χ1n) is 9.88. The minimum absolute atomic E-state index is 0.0175. The number of nitrogens with zero attached hydrogens (tertiary/aromatic N) is 2. The summed E-state index contributed by atoms with van der Waals surface area (Å²) in [7, 11) is 0. The van der Waals surface area contributed by atoms with Crippen molar-refractivity contribution in [1.29, 1.82) is 5.26 Å². The van der Waals surface area contributed by atoms with Gasteiger partial charge in [0.1, 0.15) is 5.82 Å². The predicted molar refractivity (Wildman–Crippen MR) is 111 cm³/mol. The van der Waals surface area contributed by atoms with Crippen molar-refractivity contribution in [3.8, 4) is 6.07 Å². The SMILES string of the molecule is CCN1c2cc(F)c(/C=C(\C#N)c3cccc(C(F)(F)F)c3)cc2C(C)CC1(C)C. The number of hydrogen-bond donors (Lipinski definition) is 0. The third-order valence-corrected chi connectivity index (χ3v) is 5.74. The molecule has 0 spiro atoms. The second-order valence-corrected chi connectivity index (χ2v) is 8.34. The molecule has 30 heavy (non-hydrogen) atoms. The number of benzene rings is 2. The highest BCUT2D eigenvalue weighted by Gasteiger charge is 2.36. The Hall–Kier alpha value is -2.81. The zero-order valence-electron chi connectivity index (χ0n) is 17.4. The Balaban J connectivity index is 2.10. The smallest absolute Gasteiger partial charge is 0.366 e. The normalized spacial score (nSPS) is 18.7. The van der Waals surface area contributed by atoms with Crippen LogP contribution in [0.4, 0.5) is 23.2 Å². The van der Waals surface area contributed by atoms with Gasteiger partial charge in [-0.05, 0) is 74.6 Å². The third-order valence-electron chi connectivity index (χ3n) is 5.74. The molecule has 1 atom stereocenters. The minimum atomic E-state index is -4.51. The van der Waals surface area contributed by atoms with Crippen LogP contribution in [-0.4, -0.2) is 12.1 Å². The predicted octanol–water partition coefficient (Wildman–Crippen LogP) is 7.02. The maximum absolute atomic E-state index is 15.0. The quantitative estimate of drug-likeness (QED) is 0.305. The highest BCUT2D eigenvalue weighted by molar-refractivity contribution is 5.90. The Labute approximate surface area is 174 Å². The first kappa shape index (κ1) is 21.9. The van der Waals surface area contributed by atoms with Crippen molar-refractivity contribution in [2.75, 3.05) is 11.4 Å². The number of halogens is 4. The van der Waals surface area contributed by atoms with Gasteiger partial charge in [-0.2, -0.15) is 18.4 Å². The summed E-state index contributed by atoms with van der Waals surface area (Å²) >= 11 is 0. The highest BCUT2D eigenvalue weighted by atomic mass is 19.4. The molecule has 0 bridgehead atoms. The average molecular weight is 416 g/mol. The summed E-state index contributed by atoms with van der Waals surface area (Å²) in [6.07, 6.45) is -2.30. The Bertz CT molecular complexity index is 1030. The summed E-state index contributed by atoms with van der Waals surface area (Å²) in [4.78, 5) is 2.16. The van der Waals surface area contributed by atoms with Crippen molar-refractivity contribution >= 4 is 17.3 Å². The van der Waals surface area contributed by atoms with Crippen molar-refractivity contribution in [3.05, 3.63) is 64.5 Å². The van der Waals surface area contributed by atoms with Crippen LogP contribution in [0.1, 0.15) is 62.3 Å². The fourth-order valence-electron chi connectivity index (χ4n) is 4.43. The summed E-state index contributed by atoms with van der Waals surface area (Å²) in [6, 6.07) is 9.63. The molecule has 0 saturated heterocycles. The van der Waals surface area contributed by atoms with Crippen LogP contribution in [0.2, 0.25) is 0 Å². The van der Waals surface area contributed by atoms with E-state index in [1.807, 2.05) is 13.0 Å². The molecule has 1 aliphatic heterocycles. The lowest BCUT2D eigenvalue weighted by Gasteiger charge is -2.47. The average Bonchev–Trinajstić information content (AvgIpc) is 2.66. The summed E-state index contributed by atoms with van der Waals surface area (Å²) in [6.45, 7) is 9.09. The van der Waals surface area contributed by atoms with Gasteiger partial charge in [0.25, 0.3) is 0 Å². The van der Waals surface area contributed by atoms with Crippen molar-refractivity contribution < 1.29 is 17.6 Å². The molecule has 6 heteroatoms. The standard InChI is InChI=1S/C24H24F4N2/c1-5-30-22-12-21(25)17(11-20(22)15(2)13-23(30,3)4)9-18(14-29)16-7-6-8-19(10-16)24(26,27)28/h6-12,15H,5,13H2,1-4H3/b18-9+. The number of fused-ring (bicyclic) bond motifs is 1. The molecule has 2 nitrogen and oxygen atoms in total. The van der Waals surface area contributed by atoms with Gasteiger partial charge in [-0.25, -0.2) is 4.39 Å². The molecule has 0 fully saturated rings. The number of anilines is 1. The van der Waals surface area contributed by atoms with Crippen molar-refractivity contribution in [2.24, 2.45) is 0 Å².